The monoisotopic (exact) mass is 1150 g/mol. The maximum atomic E-state index is 13.4. The van der Waals surface area contributed by atoms with Crippen LogP contribution in [-0.4, -0.2) is 218 Å². The molecular formula is C58H91NO22. The summed E-state index contributed by atoms with van der Waals surface area (Å²) in [6.07, 6.45) is 2.08. The van der Waals surface area contributed by atoms with E-state index < -0.39 is 182 Å². The Hall–Kier alpha value is -3.64. The highest BCUT2D eigenvalue weighted by Gasteiger charge is 2.85. The molecule has 0 aromatic rings. The zero-order valence-corrected chi connectivity index (χ0v) is 47.8. The van der Waals surface area contributed by atoms with Crippen molar-refractivity contribution in [2.24, 2.45) is 17.8 Å². The van der Waals surface area contributed by atoms with E-state index in [2.05, 4.69) is 5.32 Å². The van der Waals surface area contributed by atoms with Crippen LogP contribution in [0.5, 0.6) is 0 Å². The molecule has 0 radical (unpaired) electrons. The maximum Gasteiger partial charge on any atom is 0.313 e. The number of methoxy groups -OCH3 is 1. The van der Waals surface area contributed by atoms with Gasteiger partial charge >= 0.3 is 11.9 Å². The highest BCUT2D eigenvalue weighted by atomic mass is 16.8. The van der Waals surface area contributed by atoms with Gasteiger partial charge in [0, 0.05) is 37.5 Å². The van der Waals surface area contributed by atoms with E-state index in [4.69, 9.17) is 33.2 Å². The van der Waals surface area contributed by atoms with Gasteiger partial charge in [0.25, 0.3) is 0 Å². The molecule has 6 rings (SSSR count). The summed E-state index contributed by atoms with van der Waals surface area (Å²) in [5, 5.41) is 149. The lowest BCUT2D eigenvalue weighted by molar-refractivity contribution is -0.595. The molecule has 4 bridgehead atoms. The van der Waals surface area contributed by atoms with Crippen molar-refractivity contribution in [1.29, 1.82) is 0 Å². The third-order valence-electron chi connectivity index (χ3n) is 17.0. The average molecular weight is 1150 g/mol. The smallest absolute Gasteiger partial charge is 0.313 e. The number of carbonyl (C=O) groups excluding carboxylic acids is 2. The SMILES string of the molecule is COC(=O)[C@@H]1C(O)C[C@@]2(O)C[C@@H](O)C[C@@H](O)[C@H](O)CC[C@@H](O)C[C@@H](O)CC(=O)OC(C)C(C)[C@H](O)C(C)/C=C/C=C/C=C/C=C/C=C/C=C/C=C/C(OC3OC(C)C(O)C(NCC4(O)OC5(C)OC(C)(C4(C)O)C5(C)O)C3O)C[C@@H]1O2. The summed E-state index contributed by atoms with van der Waals surface area (Å²) in [6, 6.07) is -1.33. The second-order valence-electron chi connectivity index (χ2n) is 23.2. The number of hydrogen-bond acceptors (Lipinski definition) is 23. The van der Waals surface area contributed by atoms with Crippen LogP contribution in [0.1, 0.15) is 107 Å². The van der Waals surface area contributed by atoms with E-state index in [-0.39, 0.29) is 31.6 Å². The fraction of sp³-hybridized carbons (Fsp3) is 0.724. The Balaban J connectivity index is 1.39. The molecule has 23 heteroatoms. The Morgan fingerprint density at radius 3 is 1.80 bits per heavy atom. The van der Waals surface area contributed by atoms with Gasteiger partial charge in [0.2, 0.25) is 11.6 Å². The summed E-state index contributed by atoms with van der Waals surface area (Å²) in [5.74, 6) is -10.5. The molecule has 81 heavy (non-hydrogen) atoms. The first-order valence-electron chi connectivity index (χ1n) is 27.9. The number of esters is 2. The summed E-state index contributed by atoms with van der Waals surface area (Å²) in [6.45, 7) is 11.5. The number of nitrogens with one attached hydrogen (secondary N) is 1. The van der Waals surface area contributed by atoms with Crippen LogP contribution in [0.25, 0.3) is 0 Å². The zero-order valence-electron chi connectivity index (χ0n) is 47.8. The van der Waals surface area contributed by atoms with Crippen LogP contribution in [0.15, 0.2) is 85.1 Å². The third-order valence-corrected chi connectivity index (χ3v) is 17.0. The predicted molar refractivity (Wildman–Crippen MR) is 290 cm³/mol. The van der Waals surface area contributed by atoms with Crippen molar-refractivity contribution >= 4 is 11.9 Å². The standard InChI is InChI=1S/C58H91NO22/c1-33-22-20-18-16-14-12-10-11-13-15-17-19-21-23-40(78-52-50(69)47(49(68)36(4)77-52)59-32-58(74)54(6,72)55(7)53(5,71)56(8,80-55)81-58)29-44-46(51(70)75-9)43(65)31-57(73,79-44)30-39(62)27-42(64)41(63)25-24-37(60)26-38(61)28-45(66)76-35(3)34(2)48(33)67/h10-23,33-44,46-50,52,59-65,67-69,71-74H,24-32H2,1-9H3/b11-10+,14-12+,15-13+,18-16+,19-17+,22-20+,23-21+/t33?,34?,35?,36?,37-,38-,39+,40?,41-,42-,43?,44+,46-,47?,48-,49?,50?,52?,53?,54?,55?,56?,57-,58?/m1/s1. The van der Waals surface area contributed by atoms with Crippen molar-refractivity contribution < 1.29 is 109 Å². The van der Waals surface area contributed by atoms with Crippen molar-refractivity contribution in [2.45, 2.75) is 233 Å². The van der Waals surface area contributed by atoms with E-state index in [1.165, 1.54) is 40.7 Å². The first kappa shape index (κ1) is 68.1. The van der Waals surface area contributed by atoms with Crippen molar-refractivity contribution in [3.63, 3.8) is 0 Å². The molecule has 23 nitrogen and oxygen atoms in total. The summed E-state index contributed by atoms with van der Waals surface area (Å²) >= 11 is 0. The largest absolute Gasteiger partial charge is 0.469 e. The quantitative estimate of drug-likeness (QED) is 0.158. The Bertz CT molecular complexity index is 2270. The van der Waals surface area contributed by atoms with Gasteiger partial charge in [0.05, 0.1) is 93.3 Å². The first-order valence-corrected chi connectivity index (χ1v) is 27.9. The molecule has 0 aromatic heterocycles. The molecule has 5 fully saturated rings. The number of allylic oxidation sites excluding steroid dienone is 12. The van der Waals surface area contributed by atoms with Crippen molar-refractivity contribution in [3.05, 3.63) is 85.1 Å². The molecule has 0 saturated carbocycles. The first-order chi connectivity index (χ1) is 37.8. The minimum Gasteiger partial charge on any atom is -0.469 e. The number of aliphatic hydroxyl groups is 13. The lowest BCUT2D eigenvalue weighted by atomic mass is 9.59. The van der Waals surface area contributed by atoms with Crippen LogP contribution in [-0.2, 0) is 42.7 Å². The fourth-order valence-electron chi connectivity index (χ4n) is 11.2. The second-order valence-corrected chi connectivity index (χ2v) is 23.2. The lowest BCUT2D eigenvalue weighted by Gasteiger charge is -2.75. The number of fused-ring (bicyclic) bond motifs is 4. The summed E-state index contributed by atoms with van der Waals surface area (Å²) in [4.78, 5) is 26.1. The Kier molecular flexibility index (Phi) is 24.0. The number of rotatable bonds is 6. The van der Waals surface area contributed by atoms with Gasteiger partial charge in [-0.15, -0.1) is 0 Å². The summed E-state index contributed by atoms with van der Waals surface area (Å²) in [7, 11) is 1.09. The third kappa shape index (κ3) is 16.2. The Labute approximate surface area is 474 Å². The Morgan fingerprint density at radius 2 is 1.22 bits per heavy atom. The molecule has 0 aromatic carbocycles. The van der Waals surface area contributed by atoms with Gasteiger partial charge in [-0.2, -0.15) is 0 Å². The zero-order chi connectivity index (χ0) is 60.5. The van der Waals surface area contributed by atoms with E-state index in [9.17, 15) is 76.0 Å². The molecule has 0 amide bonds. The topological polar surface area (TPSA) is 374 Å². The highest BCUT2D eigenvalue weighted by molar-refractivity contribution is 5.74. The number of aliphatic hydroxyl groups excluding tert-OH is 9. The molecule has 5 saturated heterocycles. The van der Waals surface area contributed by atoms with Crippen LogP contribution in [0.3, 0.4) is 0 Å². The maximum absolute atomic E-state index is 13.4. The van der Waals surface area contributed by atoms with E-state index >= 15 is 0 Å². The molecule has 6 heterocycles. The van der Waals surface area contributed by atoms with E-state index in [0.29, 0.717) is 0 Å². The summed E-state index contributed by atoms with van der Waals surface area (Å²) < 4.78 is 40.7. The van der Waals surface area contributed by atoms with Gasteiger partial charge in [-0.3, -0.25) is 9.59 Å². The summed E-state index contributed by atoms with van der Waals surface area (Å²) in [5.41, 5.74) is -5.73. The van der Waals surface area contributed by atoms with Crippen LogP contribution in [0.2, 0.25) is 0 Å². The molecule has 460 valence electrons. The van der Waals surface area contributed by atoms with Gasteiger partial charge in [-0.1, -0.05) is 98.9 Å². The van der Waals surface area contributed by atoms with Crippen LogP contribution in [0.4, 0.5) is 0 Å². The lowest BCUT2D eigenvalue weighted by Crippen LogP contribution is -2.95. The molecule has 0 aliphatic carbocycles. The fourth-order valence-corrected chi connectivity index (χ4v) is 11.2. The minimum atomic E-state index is -2.45. The number of hydrogen-bond donors (Lipinski definition) is 14. The average Bonchev–Trinajstić information content (AvgIpc) is 3.42. The van der Waals surface area contributed by atoms with Gasteiger partial charge in [-0.25, -0.2) is 0 Å². The molecule has 15 unspecified atom stereocenters. The normalized spacial score (nSPS) is 49.6. The van der Waals surface area contributed by atoms with E-state index in [0.717, 1.165) is 7.11 Å². The van der Waals surface area contributed by atoms with Crippen LogP contribution in [0, 0.1) is 17.8 Å². The van der Waals surface area contributed by atoms with Gasteiger partial charge in [0.1, 0.15) is 34.9 Å². The van der Waals surface area contributed by atoms with Gasteiger partial charge in [-0.05, 0) is 60.8 Å². The van der Waals surface area contributed by atoms with Gasteiger partial charge in [0.15, 0.2) is 12.1 Å². The molecule has 24 atom stereocenters. The molecule has 14 N–H and O–H groups in total. The molecular weight excluding hydrogens is 1060 g/mol. The van der Waals surface area contributed by atoms with Crippen molar-refractivity contribution in [3.8, 4) is 0 Å². The Morgan fingerprint density at radius 1 is 0.642 bits per heavy atom. The minimum absolute atomic E-state index is 0.130. The second kappa shape index (κ2) is 28.5. The highest BCUT2D eigenvalue weighted by Crippen LogP contribution is 2.64. The predicted octanol–water partition coefficient (Wildman–Crippen LogP) is 0.157. The number of cyclic esters (lactones) is 1. The number of carbonyl (C=O) groups is 2. The van der Waals surface area contributed by atoms with Crippen LogP contribution >= 0.6 is 0 Å². The van der Waals surface area contributed by atoms with Crippen molar-refractivity contribution in [2.75, 3.05) is 13.7 Å². The number of ether oxygens (including phenoxy) is 7. The molecule has 6 aliphatic rings. The van der Waals surface area contributed by atoms with Gasteiger partial charge < -0.3 is 105 Å². The van der Waals surface area contributed by atoms with Crippen molar-refractivity contribution in [1.82, 2.24) is 5.32 Å². The van der Waals surface area contributed by atoms with E-state index in [1.807, 2.05) is 13.0 Å². The van der Waals surface area contributed by atoms with Crippen LogP contribution < -0.4 is 5.32 Å². The molecule has 0 spiro atoms. The molecule has 6 aliphatic heterocycles. The van der Waals surface area contributed by atoms with E-state index in [1.54, 1.807) is 86.8 Å².